The zero-order valence-corrected chi connectivity index (χ0v) is 23.1. The summed E-state index contributed by atoms with van der Waals surface area (Å²) in [7, 11) is 7.47. The van der Waals surface area contributed by atoms with Crippen molar-refractivity contribution in [2.75, 3.05) is 51.6 Å². The van der Waals surface area contributed by atoms with E-state index in [-0.39, 0.29) is 11.6 Å². The Morgan fingerprint density at radius 2 is 1.95 bits per heavy atom. The minimum atomic E-state index is -0.549. The highest BCUT2D eigenvalue weighted by molar-refractivity contribution is 5.98. The standard InChI is InChI=1S/C28H30N8O5/c1-33(2)13-14-34(3)24-17-25(41-4)22(16-19(24)5-8-27(38)30-18-37)31-28-29-11-9-26(32-28)35-12-10-20-15-21(36(39)40)6-7-23(20)35/h5-12,15-18H,13-14H2,1-4H3,(H,29,31,32)(H,30,37,38). The molecule has 41 heavy (non-hydrogen) atoms. The number of methoxy groups -OCH3 is 1. The Balaban J connectivity index is 1.70. The molecular weight excluding hydrogens is 528 g/mol. The van der Waals surface area contributed by atoms with E-state index in [1.54, 1.807) is 43.8 Å². The van der Waals surface area contributed by atoms with Crippen molar-refractivity contribution in [2.45, 2.75) is 0 Å². The van der Waals surface area contributed by atoms with Crippen LogP contribution in [0.25, 0.3) is 22.8 Å². The number of imide groups is 1. The van der Waals surface area contributed by atoms with E-state index in [1.807, 2.05) is 42.7 Å². The number of non-ortho nitro benzene ring substituents is 1. The van der Waals surface area contributed by atoms with E-state index in [0.717, 1.165) is 17.7 Å². The SMILES string of the molecule is COc1cc(N(C)CCN(C)C)c(C=CC(=O)NC=O)cc1Nc1nccc(-n2ccc3cc([N+](=O)[O-])ccc32)n1. The average Bonchev–Trinajstić information content (AvgIpc) is 3.38. The summed E-state index contributed by atoms with van der Waals surface area (Å²) in [6.07, 6.45) is 6.61. The number of amides is 2. The Morgan fingerprint density at radius 3 is 2.66 bits per heavy atom. The lowest BCUT2D eigenvalue weighted by Gasteiger charge is -2.25. The van der Waals surface area contributed by atoms with Gasteiger partial charge in [-0.2, -0.15) is 4.98 Å². The highest BCUT2D eigenvalue weighted by atomic mass is 16.6. The first-order chi connectivity index (χ1) is 19.7. The van der Waals surface area contributed by atoms with Crippen LogP contribution in [-0.2, 0) is 9.59 Å². The molecule has 0 fully saturated rings. The van der Waals surface area contributed by atoms with Crippen LogP contribution >= 0.6 is 0 Å². The quantitative estimate of drug-likeness (QED) is 0.115. The number of nitrogens with zero attached hydrogens (tertiary/aromatic N) is 6. The zero-order valence-electron chi connectivity index (χ0n) is 23.1. The van der Waals surface area contributed by atoms with Crippen LogP contribution in [0.1, 0.15) is 5.56 Å². The summed E-state index contributed by atoms with van der Waals surface area (Å²) in [5.41, 5.74) is 2.83. The number of hydrogen-bond donors (Lipinski definition) is 2. The van der Waals surface area contributed by atoms with Crippen LogP contribution in [0.15, 0.2) is 60.9 Å². The van der Waals surface area contributed by atoms with Gasteiger partial charge in [0.2, 0.25) is 18.3 Å². The van der Waals surface area contributed by atoms with Crippen LogP contribution in [0.4, 0.5) is 23.0 Å². The maximum absolute atomic E-state index is 12.0. The summed E-state index contributed by atoms with van der Waals surface area (Å²) in [5, 5.41) is 17.2. The molecule has 2 amide bonds. The third kappa shape index (κ3) is 6.83. The number of nitrogens with one attached hydrogen (secondary N) is 2. The summed E-state index contributed by atoms with van der Waals surface area (Å²) in [5.74, 6) is 0.814. The second kappa shape index (κ2) is 12.7. The second-order valence-corrected chi connectivity index (χ2v) is 9.35. The maximum atomic E-state index is 12.0. The predicted molar refractivity (Wildman–Crippen MR) is 157 cm³/mol. The number of aromatic nitrogens is 3. The first-order valence-electron chi connectivity index (χ1n) is 12.6. The normalized spacial score (nSPS) is 11.1. The number of rotatable bonds is 12. The van der Waals surface area contributed by atoms with Gasteiger partial charge in [-0.1, -0.05) is 0 Å². The zero-order chi connectivity index (χ0) is 29.5. The Labute approximate surface area is 236 Å². The monoisotopic (exact) mass is 558 g/mol. The molecule has 2 heterocycles. The largest absolute Gasteiger partial charge is 0.494 e. The average molecular weight is 559 g/mol. The van der Waals surface area contributed by atoms with Gasteiger partial charge in [0.05, 0.1) is 23.2 Å². The van der Waals surface area contributed by atoms with Gasteiger partial charge in [0.1, 0.15) is 11.6 Å². The number of nitro groups is 1. The molecule has 0 atom stereocenters. The predicted octanol–water partition coefficient (Wildman–Crippen LogP) is 3.36. The van der Waals surface area contributed by atoms with Gasteiger partial charge in [-0.15, -0.1) is 0 Å². The highest BCUT2D eigenvalue weighted by Crippen LogP contribution is 2.35. The molecule has 0 aliphatic carbocycles. The van der Waals surface area contributed by atoms with Gasteiger partial charge >= 0.3 is 0 Å². The van der Waals surface area contributed by atoms with Crippen molar-refractivity contribution in [1.82, 2.24) is 24.8 Å². The van der Waals surface area contributed by atoms with Crippen molar-refractivity contribution in [3.05, 3.63) is 76.6 Å². The number of ether oxygens (including phenoxy) is 1. The highest BCUT2D eigenvalue weighted by Gasteiger charge is 2.16. The molecule has 2 N–H and O–H groups in total. The van der Waals surface area contributed by atoms with E-state index in [4.69, 9.17) is 4.74 Å². The Kier molecular flexibility index (Phi) is 8.89. The van der Waals surface area contributed by atoms with Crippen LogP contribution in [0.2, 0.25) is 0 Å². The molecule has 212 valence electrons. The third-order valence-corrected chi connectivity index (χ3v) is 6.28. The summed E-state index contributed by atoms with van der Waals surface area (Å²) in [6.45, 7) is 1.51. The van der Waals surface area contributed by atoms with Gasteiger partial charge in [0.25, 0.3) is 5.69 Å². The molecule has 0 radical (unpaired) electrons. The number of nitro benzene ring substituents is 1. The Morgan fingerprint density at radius 1 is 1.15 bits per heavy atom. The van der Waals surface area contributed by atoms with Gasteiger partial charge < -0.3 is 24.4 Å². The molecule has 0 saturated heterocycles. The van der Waals surface area contributed by atoms with Gasteiger partial charge in [-0.05, 0) is 44.4 Å². The summed E-state index contributed by atoms with van der Waals surface area (Å²) >= 11 is 0. The van der Waals surface area contributed by atoms with Gasteiger partial charge in [-0.3, -0.25) is 25.0 Å². The van der Waals surface area contributed by atoms with Crippen LogP contribution in [-0.4, -0.2) is 78.0 Å². The molecular formula is C28H30N8O5. The second-order valence-electron chi connectivity index (χ2n) is 9.35. The molecule has 4 rings (SSSR count). The van der Waals surface area contributed by atoms with Gasteiger partial charge in [-0.25, -0.2) is 4.98 Å². The molecule has 2 aromatic carbocycles. The van der Waals surface area contributed by atoms with Crippen molar-refractivity contribution >= 4 is 52.3 Å². The van der Waals surface area contributed by atoms with E-state index in [2.05, 4.69) is 25.5 Å². The van der Waals surface area contributed by atoms with Crippen LogP contribution in [0.5, 0.6) is 5.75 Å². The minimum Gasteiger partial charge on any atom is -0.494 e. The number of benzene rings is 2. The first-order valence-corrected chi connectivity index (χ1v) is 12.6. The Hall–Kier alpha value is -5.30. The van der Waals surface area contributed by atoms with Crippen molar-refractivity contribution in [1.29, 1.82) is 0 Å². The van der Waals surface area contributed by atoms with E-state index >= 15 is 0 Å². The summed E-state index contributed by atoms with van der Waals surface area (Å²) in [6, 6.07) is 11.8. The minimum absolute atomic E-state index is 0.0108. The summed E-state index contributed by atoms with van der Waals surface area (Å²) in [4.78, 5) is 46.5. The third-order valence-electron chi connectivity index (χ3n) is 6.28. The van der Waals surface area contributed by atoms with Crippen molar-refractivity contribution in [2.24, 2.45) is 0 Å². The molecule has 13 heteroatoms. The number of carbonyl (C=O) groups is 2. The molecule has 0 aliphatic heterocycles. The van der Waals surface area contributed by atoms with Gasteiger partial charge in [0, 0.05) is 73.4 Å². The molecule has 0 saturated carbocycles. The lowest BCUT2D eigenvalue weighted by atomic mass is 10.1. The molecule has 0 spiro atoms. The molecule has 4 aromatic rings. The maximum Gasteiger partial charge on any atom is 0.270 e. The number of likely N-dealkylation sites (N-methyl/N-ethyl adjacent to an activating group) is 2. The lowest BCUT2D eigenvalue weighted by molar-refractivity contribution is -0.384. The number of anilines is 3. The van der Waals surface area contributed by atoms with E-state index in [9.17, 15) is 19.7 Å². The fraction of sp³-hybridized carbons (Fsp3) is 0.214. The van der Waals surface area contributed by atoms with E-state index in [1.165, 1.54) is 18.2 Å². The molecule has 13 nitrogen and oxygen atoms in total. The molecule has 0 unspecified atom stereocenters. The number of fused-ring (bicyclic) bond motifs is 1. The fourth-order valence-corrected chi connectivity index (χ4v) is 4.17. The van der Waals surface area contributed by atoms with Crippen molar-refractivity contribution in [3.8, 4) is 11.6 Å². The molecule has 0 aliphatic rings. The molecule has 0 bridgehead atoms. The van der Waals surface area contributed by atoms with Crippen LogP contribution < -0.4 is 20.3 Å². The van der Waals surface area contributed by atoms with E-state index < -0.39 is 10.8 Å². The number of hydrogen-bond acceptors (Lipinski definition) is 10. The van der Waals surface area contributed by atoms with Crippen molar-refractivity contribution in [3.63, 3.8) is 0 Å². The summed E-state index contributed by atoms with van der Waals surface area (Å²) < 4.78 is 7.49. The van der Waals surface area contributed by atoms with E-state index in [0.29, 0.717) is 41.2 Å². The number of carbonyl (C=O) groups excluding carboxylic acids is 2. The topological polar surface area (TPSA) is 148 Å². The van der Waals surface area contributed by atoms with Crippen molar-refractivity contribution < 1.29 is 19.2 Å². The Bertz CT molecular complexity index is 1610. The fourth-order valence-electron chi connectivity index (χ4n) is 4.17. The first kappa shape index (κ1) is 28.7. The van der Waals surface area contributed by atoms with Gasteiger partial charge in [0.15, 0.2) is 0 Å². The lowest BCUT2D eigenvalue weighted by Crippen LogP contribution is -2.29. The molecule has 2 aromatic heterocycles. The van der Waals surface area contributed by atoms with Crippen LogP contribution in [0.3, 0.4) is 0 Å². The smallest absolute Gasteiger partial charge is 0.270 e. The van der Waals surface area contributed by atoms with Crippen LogP contribution in [0, 0.1) is 10.1 Å².